The van der Waals surface area contributed by atoms with E-state index in [1.807, 2.05) is 0 Å². The van der Waals surface area contributed by atoms with E-state index in [2.05, 4.69) is 40.7 Å². The van der Waals surface area contributed by atoms with Crippen LogP contribution in [0, 0.1) is 17.8 Å². The minimum Gasteiger partial charge on any atom is -0.290 e. The summed E-state index contributed by atoms with van der Waals surface area (Å²) in [5.74, 6) is 2.45. The number of carbonyl (C=O) groups excluding carboxylic acids is 2. The molecule has 0 heterocycles. The molecule has 1 rings (SSSR count). The molecule has 1 aliphatic rings. The van der Waals surface area contributed by atoms with Gasteiger partial charge in [-0.1, -0.05) is 84.3 Å². The van der Waals surface area contributed by atoms with Crippen LogP contribution in [0.2, 0.25) is 0 Å². The number of allylic oxidation sites excluding steroid dienone is 6. The van der Waals surface area contributed by atoms with E-state index in [1.165, 1.54) is 69.1 Å². The molecule has 0 N–H and O–H groups in total. The first-order chi connectivity index (χ1) is 13.7. The Kier molecular flexibility index (Phi) is 12.1. The smallest absolute Gasteiger partial charge is 0.182 e. The summed E-state index contributed by atoms with van der Waals surface area (Å²) in [4.78, 5) is 23.7. The van der Waals surface area contributed by atoms with Crippen molar-refractivity contribution in [2.24, 2.45) is 17.8 Å². The zero-order valence-electron chi connectivity index (χ0n) is 19.9. The largest absolute Gasteiger partial charge is 0.290 e. The standard InChI is InChI=1S/C27H44O2/c1-20(2)10-7-11-21(3)12-8-13-22(4)14-9-15-23(5)16-17-25-24(6)26(28)18-19-27(25)29/h16,18-22H,7-15,17H2,1-6H3/b23-16+/t21-,22-/m1/s1. The van der Waals surface area contributed by atoms with E-state index in [0.29, 0.717) is 17.6 Å². The molecule has 164 valence electrons. The Hall–Kier alpha value is -1.44. The Labute approximate surface area is 179 Å². The molecular formula is C27H44O2. The summed E-state index contributed by atoms with van der Waals surface area (Å²) in [6.07, 6.45) is 17.3. The maximum Gasteiger partial charge on any atom is 0.182 e. The minimum absolute atomic E-state index is 0.0155. The summed E-state index contributed by atoms with van der Waals surface area (Å²) < 4.78 is 0. The number of ketones is 2. The van der Waals surface area contributed by atoms with Crippen molar-refractivity contribution in [2.75, 3.05) is 0 Å². The lowest BCUT2D eigenvalue weighted by Crippen LogP contribution is -2.12. The second-order valence-corrected chi connectivity index (χ2v) is 9.78. The third-order valence-electron chi connectivity index (χ3n) is 6.30. The lowest BCUT2D eigenvalue weighted by atomic mass is 9.91. The van der Waals surface area contributed by atoms with Gasteiger partial charge < -0.3 is 0 Å². The maximum absolute atomic E-state index is 12.0. The Morgan fingerprint density at radius 3 is 1.93 bits per heavy atom. The average Bonchev–Trinajstić information content (AvgIpc) is 2.64. The normalized spacial score (nSPS) is 17.4. The SMILES string of the molecule is CC1=C(C/C=C(\C)CCC[C@H](C)CCC[C@H](C)CCCC(C)C)C(=O)C=CC1=O. The second-order valence-electron chi connectivity index (χ2n) is 9.78. The molecule has 29 heavy (non-hydrogen) atoms. The van der Waals surface area contributed by atoms with E-state index >= 15 is 0 Å². The molecule has 2 heteroatoms. The number of hydrogen-bond donors (Lipinski definition) is 0. The Bertz CT molecular complexity index is 618. The molecule has 0 amide bonds. The molecule has 0 spiro atoms. The molecule has 0 bridgehead atoms. The highest BCUT2D eigenvalue weighted by atomic mass is 16.1. The van der Waals surface area contributed by atoms with Crippen LogP contribution in [0.1, 0.15) is 106 Å². The predicted molar refractivity (Wildman–Crippen MR) is 125 cm³/mol. The molecule has 0 aromatic heterocycles. The molecule has 0 saturated heterocycles. The maximum atomic E-state index is 12.0. The van der Waals surface area contributed by atoms with Crippen LogP contribution in [0.5, 0.6) is 0 Å². The fraction of sp³-hybridized carbons (Fsp3) is 0.704. The molecule has 0 aromatic rings. The molecule has 2 nitrogen and oxygen atoms in total. The van der Waals surface area contributed by atoms with Gasteiger partial charge in [0, 0.05) is 11.1 Å². The zero-order valence-corrected chi connectivity index (χ0v) is 19.9. The zero-order chi connectivity index (χ0) is 21.8. The highest BCUT2D eigenvalue weighted by Crippen LogP contribution is 2.23. The van der Waals surface area contributed by atoms with Gasteiger partial charge in [-0.2, -0.15) is 0 Å². The Balaban J connectivity index is 2.21. The number of hydrogen-bond acceptors (Lipinski definition) is 2. The lowest BCUT2D eigenvalue weighted by molar-refractivity contribution is -0.115. The van der Waals surface area contributed by atoms with Crippen molar-refractivity contribution in [2.45, 2.75) is 106 Å². The Morgan fingerprint density at radius 1 is 0.828 bits per heavy atom. The Morgan fingerprint density at radius 2 is 1.34 bits per heavy atom. The first-order valence-electron chi connectivity index (χ1n) is 11.8. The van der Waals surface area contributed by atoms with Crippen LogP contribution in [0.3, 0.4) is 0 Å². The summed E-state index contributed by atoms with van der Waals surface area (Å²) in [6, 6.07) is 0. The fourth-order valence-electron chi connectivity index (χ4n) is 4.05. The van der Waals surface area contributed by atoms with Crippen LogP contribution < -0.4 is 0 Å². The highest BCUT2D eigenvalue weighted by molar-refractivity contribution is 6.19. The topological polar surface area (TPSA) is 34.1 Å². The van der Waals surface area contributed by atoms with Crippen molar-refractivity contribution in [3.05, 3.63) is 34.9 Å². The van der Waals surface area contributed by atoms with Gasteiger partial charge in [0.25, 0.3) is 0 Å². The van der Waals surface area contributed by atoms with Gasteiger partial charge in [0.15, 0.2) is 11.6 Å². The van der Waals surface area contributed by atoms with Gasteiger partial charge in [0.2, 0.25) is 0 Å². The van der Waals surface area contributed by atoms with E-state index < -0.39 is 0 Å². The van der Waals surface area contributed by atoms with Gasteiger partial charge in [0.05, 0.1) is 0 Å². The third kappa shape index (κ3) is 10.8. The van der Waals surface area contributed by atoms with Crippen molar-refractivity contribution >= 4 is 11.6 Å². The van der Waals surface area contributed by atoms with Gasteiger partial charge in [-0.3, -0.25) is 9.59 Å². The molecule has 0 unspecified atom stereocenters. The average molecular weight is 401 g/mol. The van der Waals surface area contributed by atoms with Crippen LogP contribution in [0.15, 0.2) is 34.9 Å². The molecule has 0 fully saturated rings. The molecule has 2 atom stereocenters. The van der Waals surface area contributed by atoms with E-state index in [9.17, 15) is 9.59 Å². The first kappa shape index (κ1) is 25.6. The van der Waals surface area contributed by atoms with Crippen molar-refractivity contribution in [1.29, 1.82) is 0 Å². The minimum atomic E-state index is -0.0336. The van der Waals surface area contributed by atoms with E-state index in [0.717, 1.165) is 24.2 Å². The number of carbonyl (C=O) groups is 2. The van der Waals surface area contributed by atoms with Gasteiger partial charge >= 0.3 is 0 Å². The van der Waals surface area contributed by atoms with Crippen molar-refractivity contribution in [3.63, 3.8) is 0 Å². The molecule has 0 aromatic carbocycles. The van der Waals surface area contributed by atoms with E-state index in [1.54, 1.807) is 6.92 Å². The van der Waals surface area contributed by atoms with Crippen molar-refractivity contribution < 1.29 is 9.59 Å². The molecular weight excluding hydrogens is 356 g/mol. The summed E-state index contributed by atoms with van der Waals surface area (Å²) >= 11 is 0. The van der Waals surface area contributed by atoms with Gasteiger partial charge in [-0.25, -0.2) is 0 Å². The van der Waals surface area contributed by atoms with Crippen LogP contribution in [-0.2, 0) is 9.59 Å². The first-order valence-corrected chi connectivity index (χ1v) is 11.8. The van der Waals surface area contributed by atoms with Crippen molar-refractivity contribution in [1.82, 2.24) is 0 Å². The summed E-state index contributed by atoms with van der Waals surface area (Å²) in [5, 5.41) is 0. The number of rotatable bonds is 14. The van der Waals surface area contributed by atoms with E-state index in [-0.39, 0.29) is 11.6 Å². The molecule has 0 aliphatic heterocycles. The third-order valence-corrected chi connectivity index (χ3v) is 6.30. The monoisotopic (exact) mass is 400 g/mol. The van der Waals surface area contributed by atoms with Gasteiger partial charge in [0.1, 0.15) is 0 Å². The highest BCUT2D eigenvalue weighted by Gasteiger charge is 2.17. The molecule has 0 radical (unpaired) electrons. The van der Waals surface area contributed by atoms with Crippen LogP contribution in [0.25, 0.3) is 0 Å². The van der Waals surface area contributed by atoms with Crippen molar-refractivity contribution in [3.8, 4) is 0 Å². The quantitative estimate of drug-likeness (QED) is 0.220. The van der Waals surface area contributed by atoms with Gasteiger partial charge in [-0.05, 0) is 63.0 Å². The van der Waals surface area contributed by atoms with Crippen LogP contribution in [0.4, 0.5) is 0 Å². The molecule has 1 aliphatic carbocycles. The molecule has 0 saturated carbocycles. The van der Waals surface area contributed by atoms with Crippen LogP contribution >= 0.6 is 0 Å². The lowest BCUT2D eigenvalue weighted by Gasteiger charge is -2.15. The van der Waals surface area contributed by atoms with E-state index in [4.69, 9.17) is 0 Å². The summed E-state index contributed by atoms with van der Waals surface area (Å²) in [6.45, 7) is 13.3. The summed E-state index contributed by atoms with van der Waals surface area (Å²) in [7, 11) is 0. The summed E-state index contributed by atoms with van der Waals surface area (Å²) in [5.41, 5.74) is 2.59. The second kappa shape index (κ2) is 13.7. The van der Waals surface area contributed by atoms with Gasteiger partial charge in [-0.15, -0.1) is 0 Å². The predicted octanol–water partition coefficient (Wildman–Crippen LogP) is 7.79. The fourth-order valence-corrected chi connectivity index (χ4v) is 4.05. The van der Waals surface area contributed by atoms with Crippen LogP contribution in [-0.4, -0.2) is 11.6 Å².